The summed E-state index contributed by atoms with van der Waals surface area (Å²) in [6, 6.07) is 4.02. The standard InChI is InChI=1S/C13H21NO2/c1-10(14-12(15)13(2,3)4)7-8-11-6-5-9-16-11/h5-6,9-10H,7-8H2,1-4H3,(H,14,15). The van der Waals surface area contributed by atoms with Crippen molar-refractivity contribution in [1.29, 1.82) is 0 Å². The summed E-state index contributed by atoms with van der Waals surface area (Å²) in [6.07, 6.45) is 3.43. The minimum atomic E-state index is -0.320. The molecule has 0 aromatic carbocycles. The van der Waals surface area contributed by atoms with E-state index in [4.69, 9.17) is 4.42 Å². The Morgan fingerprint density at radius 2 is 2.19 bits per heavy atom. The van der Waals surface area contributed by atoms with Crippen LogP contribution >= 0.6 is 0 Å². The summed E-state index contributed by atoms with van der Waals surface area (Å²) >= 11 is 0. The van der Waals surface area contributed by atoms with Gasteiger partial charge in [0.05, 0.1) is 6.26 Å². The van der Waals surface area contributed by atoms with E-state index in [-0.39, 0.29) is 17.4 Å². The first-order chi connectivity index (χ1) is 7.39. The molecule has 0 radical (unpaired) electrons. The molecule has 0 bridgehead atoms. The fraction of sp³-hybridized carbons (Fsp3) is 0.615. The average Bonchev–Trinajstić information content (AvgIpc) is 2.65. The number of rotatable bonds is 4. The van der Waals surface area contributed by atoms with Crippen molar-refractivity contribution in [2.75, 3.05) is 0 Å². The van der Waals surface area contributed by atoms with Gasteiger partial charge in [0.1, 0.15) is 5.76 Å². The fourth-order valence-corrected chi connectivity index (χ4v) is 1.33. The van der Waals surface area contributed by atoms with Crippen molar-refractivity contribution in [3.63, 3.8) is 0 Å². The normalized spacial score (nSPS) is 13.5. The van der Waals surface area contributed by atoms with Crippen LogP contribution in [0.1, 0.15) is 39.9 Å². The first-order valence-corrected chi connectivity index (χ1v) is 5.73. The number of aryl methyl sites for hydroxylation is 1. The molecule has 16 heavy (non-hydrogen) atoms. The third-order valence-corrected chi connectivity index (χ3v) is 2.46. The highest BCUT2D eigenvalue weighted by molar-refractivity contribution is 5.81. The Kier molecular flexibility index (Phi) is 4.16. The van der Waals surface area contributed by atoms with E-state index in [1.54, 1.807) is 6.26 Å². The molecule has 90 valence electrons. The van der Waals surface area contributed by atoms with Gasteiger partial charge in [-0.05, 0) is 25.5 Å². The third kappa shape index (κ3) is 4.09. The zero-order valence-electron chi connectivity index (χ0n) is 10.5. The molecule has 0 saturated heterocycles. The summed E-state index contributed by atoms with van der Waals surface area (Å²) in [5, 5.41) is 3.00. The lowest BCUT2D eigenvalue weighted by Gasteiger charge is -2.21. The van der Waals surface area contributed by atoms with Gasteiger partial charge in [0, 0.05) is 17.9 Å². The minimum Gasteiger partial charge on any atom is -0.469 e. The maximum atomic E-state index is 11.7. The Balaban J connectivity index is 2.31. The van der Waals surface area contributed by atoms with Crippen molar-refractivity contribution in [2.24, 2.45) is 5.41 Å². The second-order valence-corrected chi connectivity index (χ2v) is 5.24. The lowest BCUT2D eigenvalue weighted by atomic mass is 9.95. The van der Waals surface area contributed by atoms with Gasteiger partial charge in [0.2, 0.25) is 5.91 Å². The summed E-state index contributed by atoms with van der Waals surface area (Å²) in [4.78, 5) is 11.7. The first kappa shape index (κ1) is 12.8. The average molecular weight is 223 g/mol. The molecule has 1 heterocycles. The molecule has 3 nitrogen and oxygen atoms in total. The van der Waals surface area contributed by atoms with Gasteiger partial charge in [0.25, 0.3) is 0 Å². The highest BCUT2D eigenvalue weighted by Crippen LogP contribution is 2.13. The minimum absolute atomic E-state index is 0.0967. The molecule has 1 N–H and O–H groups in total. The number of hydrogen-bond donors (Lipinski definition) is 1. The number of hydrogen-bond acceptors (Lipinski definition) is 2. The summed E-state index contributed by atoms with van der Waals surface area (Å²) in [6.45, 7) is 7.78. The molecule has 0 saturated carbocycles. The lowest BCUT2D eigenvalue weighted by Crippen LogP contribution is -2.40. The van der Waals surface area contributed by atoms with Crippen molar-refractivity contribution in [3.8, 4) is 0 Å². The van der Waals surface area contributed by atoms with Crippen molar-refractivity contribution in [2.45, 2.75) is 46.6 Å². The van der Waals surface area contributed by atoms with Crippen LogP contribution in [0.5, 0.6) is 0 Å². The largest absolute Gasteiger partial charge is 0.469 e. The third-order valence-electron chi connectivity index (χ3n) is 2.46. The second kappa shape index (κ2) is 5.19. The van der Waals surface area contributed by atoms with E-state index in [0.29, 0.717) is 0 Å². The molecule has 0 aliphatic carbocycles. The fourth-order valence-electron chi connectivity index (χ4n) is 1.33. The van der Waals surface area contributed by atoms with E-state index in [0.717, 1.165) is 18.6 Å². The van der Waals surface area contributed by atoms with E-state index in [1.807, 2.05) is 39.8 Å². The van der Waals surface area contributed by atoms with E-state index >= 15 is 0 Å². The molecule has 1 amide bonds. The zero-order chi connectivity index (χ0) is 12.2. The monoisotopic (exact) mass is 223 g/mol. The molecule has 3 heteroatoms. The van der Waals surface area contributed by atoms with Crippen LogP contribution in [0.2, 0.25) is 0 Å². The van der Waals surface area contributed by atoms with Crippen LogP contribution in [0, 0.1) is 5.41 Å². The number of amides is 1. The number of furan rings is 1. The molecule has 0 aliphatic heterocycles. The molecule has 1 unspecified atom stereocenters. The van der Waals surface area contributed by atoms with E-state index in [1.165, 1.54) is 0 Å². The van der Waals surface area contributed by atoms with Gasteiger partial charge in [-0.15, -0.1) is 0 Å². The Hall–Kier alpha value is -1.25. The van der Waals surface area contributed by atoms with Gasteiger partial charge < -0.3 is 9.73 Å². The van der Waals surface area contributed by atoms with Crippen molar-refractivity contribution < 1.29 is 9.21 Å². The molecule has 0 spiro atoms. The van der Waals surface area contributed by atoms with Gasteiger partial charge in [0.15, 0.2) is 0 Å². The van der Waals surface area contributed by atoms with Crippen molar-refractivity contribution >= 4 is 5.91 Å². The van der Waals surface area contributed by atoms with Gasteiger partial charge >= 0.3 is 0 Å². The molecule has 1 rings (SSSR count). The van der Waals surface area contributed by atoms with Crippen LogP contribution in [0.3, 0.4) is 0 Å². The Labute approximate surface area is 97.2 Å². The predicted molar refractivity (Wildman–Crippen MR) is 64.1 cm³/mol. The van der Waals surface area contributed by atoms with Crippen LogP contribution in [0.4, 0.5) is 0 Å². The first-order valence-electron chi connectivity index (χ1n) is 5.73. The topological polar surface area (TPSA) is 42.2 Å². The van der Waals surface area contributed by atoms with Crippen molar-refractivity contribution in [1.82, 2.24) is 5.32 Å². The molecular formula is C13H21NO2. The highest BCUT2D eigenvalue weighted by Gasteiger charge is 2.22. The van der Waals surface area contributed by atoms with Gasteiger partial charge in [-0.3, -0.25) is 4.79 Å². The van der Waals surface area contributed by atoms with E-state index < -0.39 is 0 Å². The van der Waals surface area contributed by atoms with Crippen LogP contribution in [0.15, 0.2) is 22.8 Å². The quantitative estimate of drug-likeness (QED) is 0.852. The second-order valence-electron chi connectivity index (χ2n) is 5.24. The maximum Gasteiger partial charge on any atom is 0.225 e. The van der Waals surface area contributed by atoms with Gasteiger partial charge in [-0.25, -0.2) is 0 Å². The highest BCUT2D eigenvalue weighted by atomic mass is 16.3. The lowest BCUT2D eigenvalue weighted by molar-refractivity contribution is -0.129. The molecule has 1 atom stereocenters. The van der Waals surface area contributed by atoms with Crippen molar-refractivity contribution in [3.05, 3.63) is 24.2 Å². The summed E-state index contributed by atoms with van der Waals surface area (Å²) < 4.78 is 5.24. The summed E-state index contributed by atoms with van der Waals surface area (Å²) in [5.41, 5.74) is -0.320. The number of carbonyl (C=O) groups excluding carboxylic acids is 1. The van der Waals surface area contributed by atoms with E-state index in [9.17, 15) is 4.79 Å². The Morgan fingerprint density at radius 1 is 1.50 bits per heavy atom. The maximum absolute atomic E-state index is 11.7. The number of nitrogens with one attached hydrogen (secondary N) is 1. The van der Waals surface area contributed by atoms with Gasteiger partial charge in [-0.2, -0.15) is 0 Å². The summed E-state index contributed by atoms with van der Waals surface area (Å²) in [7, 11) is 0. The number of carbonyl (C=O) groups is 1. The molecule has 1 aromatic rings. The Bertz CT molecular complexity index is 322. The Morgan fingerprint density at radius 3 is 2.69 bits per heavy atom. The van der Waals surface area contributed by atoms with Crippen LogP contribution in [-0.2, 0) is 11.2 Å². The van der Waals surface area contributed by atoms with Crippen LogP contribution < -0.4 is 5.32 Å². The smallest absolute Gasteiger partial charge is 0.225 e. The van der Waals surface area contributed by atoms with Gasteiger partial charge in [-0.1, -0.05) is 20.8 Å². The SMILES string of the molecule is CC(CCc1ccco1)NC(=O)C(C)(C)C. The van der Waals surface area contributed by atoms with E-state index in [2.05, 4.69) is 5.32 Å². The molecule has 0 fully saturated rings. The molecule has 0 aliphatic rings. The predicted octanol–water partition coefficient (Wildman–Crippen LogP) is 2.76. The summed E-state index contributed by atoms with van der Waals surface area (Å²) in [5.74, 6) is 1.07. The molecule has 1 aromatic heterocycles. The zero-order valence-corrected chi connectivity index (χ0v) is 10.5. The van der Waals surface area contributed by atoms with Crippen LogP contribution in [0.25, 0.3) is 0 Å². The van der Waals surface area contributed by atoms with Crippen LogP contribution in [-0.4, -0.2) is 11.9 Å². The molecular weight excluding hydrogens is 202 g/mol.